The number of hydrogen-bond acceptors (Lipinski definition) is 2. The SMILES string of the molecule is Fc1cccc(/C=N/Nc2c(Cl)cc(Cl)cc2Cl)c1. The van der Waals surface area contributed by atoms with Crippen molar-refractivity contribution >= 4 is 46.7 Å². The lowest BCUT2D eigenvalue weighted by Crippen LogP contribution is -1.93. The van der Waals surface area contributed by atoms with E-state index in [1.807, 2.05) is 0 Å². The Morgan fingerprint density at radius 1 is 1.05 bits per heavy atom. The van der Waals surface area contributed by atoms with E-state index in [1.54, 1.807) is 24.3 Å². The third kappa shape index (κ3) is 3.83. The molecule has 0 fully saturated rings. The van der Waals surface area contributed by atoms with E-state index in [9.17, 15) is 4.39 Å². The molecular weight excluding hydrogens is 310 g/mol. The van der Waals surface area contributed by atoms with Crippen LogP contribution >= 0.6 is 34.8 Å². The summed E-state index contributed by atoms with van der Waals surface area (Å²) < 4.78 is 13.0. The quantitative estimate of drug-likeness (QED) is 0.608. The molecule has 2 rings (SSSR count). The average Bonchev–Trinajstić information content (AvgIpc) is 2.32. The maximum Gasteiger partial charge on any atom is 0.123 e. The minimum Gasteiger partial charge on any atom is -0.275 e. The van der Waals surface area contributed by atoms with Crippen LogP contribution in [0.15, 0.2) is 41.5 Å². The Morgan fingerprint density at radius 3 is 2.37 bits per heavy atom. The van der Waals surface area contributed by atoms with Crippen LogP contribution in [0.3, 0.4) is 0 Å². The summed E-state index contributed by atoms with van der Waals surface area (Å²) in [5, 5.41) is 5.10. The first kappa shape index (κ1) is 14.1. The molecule has 0 amide bonds. The molecule has 0 aliphatic rings. The van der Waals surface area contributed by atoms with Crippen molar-refractivity contribution in [2.24, 2.45) is 5.10 Å². The lowest BCUT2D eigenvalue weighted by atomic mass is 10.2. The number of hydrazone groups is 1. The fourth-order valence-corrected chi connectivity index (χ4v) is 2.31. The molecule has 0 radical (unpaired) electrons. The van der Waals surface area contributed by atoms with Crippen molar-refractivity contribution in [3.8, 4) is 0 Å². The molecule has 2 aromatic carbocycles. The van der Waals surface area contributed by atoms with Gasteiger partial charge in [0.1, 0.15) is 5.82 Å². The zero-order chi connectivity index (χ0) is 13.8. The first-order valence-corrected chi connectivity index (χ1v) is 6.39. The molecule has 0 bridgehead atoms. The van der Waals surface area contributed by atoms with Crippen LogP contribution in [0, 0.1) is 5.82 Å². The van der Waals surface area contributed by atoms with Crippen LogP contribution in [0.25, 0.3) is 0 Å². The fraction of sp³-hybridized carbons (Fsp3) is 0. The molecule has 19 heavy (non-hydrogen) atoms. The molecular formula is C13H8Cl3FN2. The van der Waals surface area contributed by atoms with E-state index in [0.29, 0.717) is 26.3 Å². The van der Waals surface area contributed by atoms with Crippen LogP contribution in [0.2, 0.25) is 15.1 Å². The van der Waals surface area contributed by atoms with Crippen molar-refractivity contribution < 1.29 is 4.39 Å². The molecule has 0 aliphatic heterocycles. The molecule has 0 aliphatic carbocycles. The summed E-state index contributed by atoms with van der Waals surface area (Å²) in [6.07, 6.45) is 1.46. The standard InChI is InChI=1S/C13H8Cl3FN2/c14-9-5-11(15)13(12(16)6-9)19-18-7-8-2-1-3-10(17)4-8/h1-7,19H/b18-7+. The summed E-state index contributed by atoms with van der Waals surface area (Å²) in [5.41, 5.74) is 3.76. The second-order valence-corrected chi connectivity index (χ2v) is 4.92. The largest absolute Gasteiger partial charge is 0.275 e. The highest BCUT2D eigenvalue weighted by Gasteiger charge is 2.06. The van der Waals surface area contributed by atoms with E-state index in [0.717, 1.165) is 0 Å². The van der Waals surface area contributed by atoms with Crippen LogP contribution < -0.4 is 5.43 Å². The smallest absolute Gasteiger partial charge is 0.123 e. The topological polar surface area (TPSA) is 24.4 Å². The first-order valence-electron chi connectivity index (χ1n) is 5.25. The van der Waals surface area contributed by atoms with Gasteiger partial charge in [-0.3, -0.25) is 5.43 Å². The summed E-state index contributed by atoms with van der Waals surface area (Å²) in [5.74, 6) is -0.327. The average molecular weight is 318 g/mol. The third-order valence-electron chi connectivity index (χ3n) is 2.25. The number of nitrogens with zero attached hydrogens (tertiary/aromatic N) is 1. The van der Waals surface area contributed by atoms with Crippen molar-refractivity contribution in [3.63, 3.8) is 0 Å². The lowest BCUT2D eigenvalue weighted by molar-refractivity contribution is 0.627. The first-order chi connectivity index (χ1) is 9.06. The Balaban J connectivity index is 2.15. The van der Waals surface area contributed by atoms with Gasteiger partial charge in [-0.15, -0.1) is 0 Å². The van der Waals surface area contributed by atoms with Crippen molar-refractivity contribution in [1.29, 1.82) is 0 Å². The Morgan fingerprint density at radius 2 is 1.74 bits per heavy atom. The number of rotatable bonds is 3. The highest BCUT2D eigenvalue weighted by Crippen LogP contribution is 2.33. The molecule has 6 heteroatoms. The van der Waals surface area contributed by atoms with Crippen LogP contribution in [0.5, 0.6) is 0 Å². The molecule has 2 aromatic rings. The highest BCUT2D eigenvalue weighted by molar-refractivity contribution is 6.41. The molecule has 0 atom stereocenters. The third-order valence-corrected chi connectivity index (χ3v) is 3.06. The summed E-state index contributed by atoms with van der Waals surface area (Å²) in [7, 11) is 0. The molecule has 0 unspecified atom stereocenters. The number of hydrogen-bond donors (Lipinski definition) is 1. The summed E-state index contributed by atoms with van der Waals surface area (Å²) in [4.78, 5) is 0. The van der Waals surface area contributed by atoms with Crippen LogP contribution in [0.1, 0.15) is 5.56 Å². The molecule has 98 valence electrons. The maximum atomic E-state index is 13.0. The second-order valence-electron chi connectivity index (χ2n) is 3.67. The number of anilines is 1. The maximum absolute atomic E-state index is 13.0. The Bertz CT molecular complexity index is 606. The van der Waals surface area contributed by atoms with E-state index in [-0.39, 0.29) is 5.82 Å². The number of nitrogens with one attached hydrogen (secondary N) is 1. The van der Waals surface area contributed by atoms with Gasteiger partial charge in [-0.2, -0.15) is 5.10 Å². The minimum absolute atomic E-state index is 0.327. The van der Waals surface area contributed by atoms with Crippen molar-refractivity contribution in [1.82, 2.24) is 0 Å². The van der Waals surface area contributed by atoms with E-state index < -0.39 is 0 Å². The van der Waals surface area contributed by atoms with Crippen LogP contribution in [-0.2, 0) is 0 Å². The second kappa shape index (κ2) is 6.24. The predicted octanol–water partition coefficient (Wildman–Crippen LogP) is 5.23. The number of benzene rings is 2. The Kier molecular flexibility index (Phi) is 4.64. The van der Waals surface area contributed by atoms with Gasteiger partial charge in [0.2, 0.25) is 0 Å². The van der Waals surface area contributed by atoms with E-state index in [1.165, 1.54) is 18.3 Å². The summed E-state index contributed by atoms with van der Waals surface area (Å²) in [6.45, 7) is 0. The van der Waals surface area contributed by atoms with Gasteiger partial charge in [-0.25, -0.2) is 4.39 Å². The van der Waals surface area contributed by atoms with Crippen LogP contribution in [0.4, 0.5) is 10.1 Å². The van der Waals surface area contributed by atoms with E-state index in [4.69, 9.17) is 34.8 Å². The van der Waals surface area contributed by atoms with Gasteiger partial charge in [0.05, 0.1) is 21.9 Å². The molecule has 0 spiro atoms. The van der Waals surface area contributed by atoms with E-state index >= 15 is 0 Å². The zero-order valence-electron chi connectivity index (χ0n) is 9.50. The fourth-order valence-electron chi connectivity index (χ4n) is 1.41. The monoisotopic (exact) mass is 316 g/mol. The van der Waals surface area contributed by atoms with Gasteiger partial charge in [-0.1, -0.05) is 46.9 Å². The van der Waals surface area contributed by atoms with Gasteiger partial charge < -0.3 is 0 Å². The van der Waals surface area contributed by atoms with Gasteiger partial charge in [0.25, 0.3) is 0 Å². The predicted molar refractivity (Wildman–Crippen MR) is 79.1 cm³/mol. The van der Waals surface area contributed by atoms with E-state index in [2.05, 4.69) is 10.5 Å². The Hall–Kier alpha value is -1.29. The highest BCUT2D eigenvalue weighted by atomic mass is 35.5. The normalized spacial score (nSPS) is 10.9. The minimum atomic E-state index is -0.327. The van der Waals surface area contributed by atoms with Gasteiger partial charge >= 0.3 is 0 Å². The molecule has 2 nitrogen and oxygen atoms in total. The summed E-state index contributed by atoms with van der Waals surface area (Å²) >= 11 is 17.7. The Labute approximate surface area is 124 Å². The number of halogens is 4. The molecule has 0 aromatic heterocycles. The van der Waals surface area contributed by atoms with Crippen molar-refractivity contribution in [2.45, 2.75) is 0 Å². The van der Waals surface area contributed by atoms with Gasteiger partial charge in [0.15, 0.2) is 0 Å². The lowest BCUT2D eigenvalue weighted by Gasteiger charge is -2.06. The van der Waals surface area contributed by atoms with Crippen molar-refractivity contribution in [3.05, 3.63) is 62.8 Å². The summed E-state index contributed by atoms with van der Waals surface area (Å²) in [6, 6.07) is 9.14. The van der Waals surface area contributed by atoms with Gasteiger partial charge in [-0.05, 0) is 29.8 Å². The van der Waals surface area contributed by atoms with Crippen LogP contribution in [-0.4, -0.2) is 6.21 Å². The van der Waals surface area contributed by atoms with Crippen molar-refractivity contribution in [2.75, 3.05) is 5.43 Å². The molecule has 0 saturated heterocycles. The molecule has 0 saturated carbocycles. The zero-order valence-corrected chi connectivity index (χ0v) is 11.8. The molecule has 1 N–H and O–H groups in total. The molecule has 0 heterocycles. The van der Waals surface area contributed by atoms with Gasteiger partial charge in [0, 0.05) is 5.02 Å².